The lowest BCUT2D eigenvalue weighted by Gasteiger charge is -2.13. The molecule has 9 heteroatoms. The second-order valence-electron chi connectivity index (χ2n) is 7.36. The summed E-state index contributed by atoms with van der Waals surface area (Å²) in [6.45, 7) is 2.14. The maximum absolute atomic E-state index is 13.0. The van der Waals surface area contributed by atoms with Crippen LogP contribution in [0.4, 0.5) is 4.39 Å². The quantitative estimate of drug-likeness (QED) is 0.404. The molecule has 7 nitrogen and oxygen atoms in total. The van der Waals surface area contributed by atoms with Gasteiger partial charge in [-0.2, -0.15) is 0 Å². The first-order valence-electron chi connectivity index (χ1n) is 10.4. The van der Waals surface area contributed by atoms with Crippen LogP contribution in [0.1, 0.15) is 24.0 Å². The van der Waals surface area contributed by atoms with E-state index in [1.807, 2.05) is 0 Å². The maximum Gasteiger partial charge on any atom is 0.240 e. The van der Waals surface area contributed by atoms with E-state index < -0.39 is 10.0 Å². The average Bonchev–Trinajstić information content (AvgIpc) is 3.30. The van der Waals surface area contributed by atoms with Gasteiger partial charge in [-0.3, -0.25) is 4.99 Å². The van der Waals surface area contributed by atoms with Crippen molar-refractivity contribution < 1.29 is 17.5 Å². The van der Waals surface area contributed by atoms with Crippen LogP contribution in [0.25, 0.3) is 0 Å². The monoisotopic (exact) mass is 448 g/mol. The number of ether oxygens (including phenoxy) is 1. The number of nitrogens with zero attached hydrogens (tertiary/aromatic N) is 1. The number of sulfonamides is 1. The zero-order valence-electron chi connectivity index (χ0n) is 17.6. The Balaban J connectivity index is 1.44. The Kier molecular flexibility index (Phi) is 8.39. The molecule has 1 saturated heterocycles. The molecule has 3 N–H and O–H groups in total. The van der Waals surface area contributed by atoms with E-state index in [2.05, 4.69) is 20.3 Å². The fourth-order valence-corrected chi connectivity index (χ4v) is 4.33. The fraction of sp³-hybridized carbons (Fsp3) is 0.409. The molecule has 1 heterocycles. The van der Waals surface area contributed by atoms with E-state index in [0.29, 0.717) is 32.2 Å². The summed E-state index contributed by atoms with van der Waals surface area (Å²) in [4.78, 5) is 4.42. The number of hydrogen-bond donors (Lipinski definition) is 3. The molecular formula is C22H29FN4O3S. The molecule has 31 heavy (non-hydrogen) atoms. The summed E-state index contributed by atoms with van der Waals surface area (Å²) < 4.78 is 45.9. The van der Waals surface area contributed by atoms with Crippen molar-refractivity contribution in [2.75, 3.05) is 26.7 Å². The van der Waals surface area contributed by atoms with Gasteiger partial charge in [0.15, 0.2) is 5.96 Å². The van der Waals surface area contributed by atoms with Crippen LogP contribution < -0.4 is 15.4 Å². The molecule has 0 amide bonds. The zero-order valence-corrected chi connectivity index (χ0v) is 18.4. The van der Waals surface area contributed by atoms with Crippen LogP contribution >= 0.6 is 0 Å². The summed E-state index contributed by atoms with van der Waals surface area (Å²) in [5, 5.41) is 6.41. The summed E-state index contributed by atoms with van der Waals surface area (Å²) in [6, 6.07) is 13.2. The van der Waals surface area contributed by atoms with Gasteiger partial charge in [-0.1, -0.05) is 24.3 Å². The van der Waals surface area contributed by atoms with Crippen molar-refractivity contribution in [2.45, 2.75) is 36.8 Å². The molecule has 2 aromatic carbocycles. The summed E-state index contributed by atoms with van der Waals surface area (Å²) in [6.07, 6.45) is 2.55. The molecule has 1 fully saturated rings. The van der Waals surface area contributed by atoms with Gasteiger partial charge in [0.2, 0.25) is 10.0 Å². The van der Waals surface area contributed by atoms with E-state index in [4.69, 9.17) is 4.74 Å². The van der Waals surface area contributed by atoms with E-state index in [1.165, 1.54) is 12.1 Å². The van der Waals surface area contributed by atoms with Crippen LogP contribution in [0.2, 0.25) is 0 Å². The molecule has 0 spiro atoms. The van der Waals surface area contributed by atoms with Gasteiger partial charge in [0.05, 0.1) is 11.0 Å². The van der Waals surface area contributed by atoms with E-state index in [-0.39, 0.29) is 16.8 Å². The molecule has 0 radical (unpaired) electrons. The summed E-state index contributed by atoms with van der Waals surface area (Å²) in [7, 11) is -1.87. The van der Waals surface area contributed by atoms with Crippen LogP contribution in [0.5, 0.6) is 0 Å². The van der Waals surface area contributed by atoms with Crippen molar-refractivity contribution >= 4 is 16.0 Å². The first kappa shape index (κ1) is 23.2. The molecule has 1 atom stereocenters. The second kappa shape index (κ2) is 11.2. The highest BCUT2D eigenvalue weighted by molar-refractivity contribution is 7.89. The third-order valence-corrected chi connectivity index (χ3v) is 6.50. The number of hydrogen-bond acceptors (Lipinski definition) is 4. The zero-order chi connectivity index (χ0) is 22.1. The molecule has 3 rings (SSSR count). The van der Waals surface area contributed by atoms with Gasteiger partial charge in [0.25, 0.3) is 0 Å². The minimum atomic E-state index is -3.55. The number of guanidine groups is 1. The fourth-order valence-electron chi connectivity index (χ4n) is 3.26. The number of nitrogens with one attached hydrogen (secondary N) is 3. The number of halogens is 1. The van der Waals surface area contributed by atoms with Gasteiger partial charge in [-0.25, -0.2) is 17.5 Å². The lowest BCUT2D eigenvalue weighted by molar-refractivity contribution is 0.114. The summed E-state index contributed by atoms with van der Waals surface area (Å²) >= 11 is 0. The van der Waals surface area contributed by atoms with Crippen molar-refractivity contribution in [1.82, 2.24) is 15.4 Å². The Morgan fingerprint density at radius 3 is 2.45 bits per heavy atom. The van der Waals surface area contributed by atoms with Crippen LogP contribution in [0, 0.1) is 5.82 Å². The van der Waals surface area contributed by atoms with E-state index in [9.17, 15) is 12.8 Å². The Hall–Kier alpha value is -2.49. The number of aliphatic imine (C=N–C) groups is 1. The summed E-state index contributed by atoms with van der Waals surface area (Å²) in [5.41, 5.74) is 1.97. The molecule has 0 bridgehead atoms. The minimum Gasteiger partial charge on any atom is -0.377 e. The average molecular weight is 449 g/mol. The van der Waals surface area contributed by atoms with Crippen molar-refractivity contribution in [1.29, 1.82) is 0 Å². The second-order valence-corrected chi connectivity index (χ2v) is 9.13. The molecular weight excluding hydrogens is 419 g/mol. The molecule has 1 aliphatic rings. The third kappa shape index (κ3) is 7.30. The molecule has 0 aromatic heterocycles. The van der Waals surface area contributed by atoms with Crippen molar-refractivity contribution in [2.24, 2.45) is 4.99 Å². The molecule has 0 aliphatic carbocycles. The van der Waals surface area contributed by atoms with Gasteiger partial charge in [-0.15, -0.1) is 0 Å². The third-order valence-electron chi connectivity index (χ3n) is 5.06. The van der Waals surface area contributed by atoms with Gasteiger partial charge >= 0.3 is 0 Å². The minimum absolute atomic E-state index is 0.0412. The Morgan fingerprint density at radius 1 is 1.10 bits per heavy atom. The van der Waals surface area contributed by atoms with Gasteiger partial charge in [0, 0.05) is 33.3 Å². The Labute approximate surface area is 183 Å². The molecule has 2 aromatic rings. The lowest BCUT2D eigenvalue weighted by atomic mass is 10.1. The first-order valence-corrected chi connectivity index (χ1v) is 11.8. The van der Waals surface area contributed by atoms with E-state index >= 15 is 0 Å². The van der Waals surface area contributed by atoms with Crippen LogP contribution in [-0.4, -0.2) is 47.2 Å². The van der Waals surface area contributed by atoms with Crippen molar-refractivity contribution in [3.8, 4) is 0 Å². The van der Waals surface area contributed by atoms with Gasteiger partial charge in [0.1, 0.15) is 5.82 Å². The van der Waals surface area contributed by atoms with Gasteiger partial charge in [-0.05, 0) is 54.7 Å². The number of benzene rings is 2. The summed E-state index contributed by atoms with van der Waals surface area (Å²) in [5.74, 6) is 0.392. The standard InChI is InChI=1S/C22H29FN4O3S/c1-24-22(25-13-12-17-4-8-19(23)9-5-17)26-15-18-6-10-21(11-7-18)31(28,29)27-16-20-3-2-14-30-20/h4-11,20,27H,2-3,12-16H2,1H3,(H2,24,25,26). The van der Waals surface area contributed by atoms with Crippen LogP contribution in [0.3, 0.4) is 0 Å². The highest BCUT2D eigenvalue weighted by atomic mass is 32.2. The predicted octanol–water partition coefficient (Wildman–Crippen LogP) is 2.19. The van der Waals surface area contributed by atoms with Crippen LogP contribution in [-0.2, 0) is 27.7 Å². The Bertz CT molecular complexity index is 957. The molecule has 1 unspecified atom stereocenters. The van der Waals surface area contributed by atoms with Crippen LogP contribution in [0.15, 0.2) is 58.4 Å². The van der Waals surface area contributed by atoms with E-state index in [0.717, 1.165) is 30.4 Å². The van der Waals surface area contributed by atoms with E-state index in [1.54, 1.807) is 43.4 Å². The highest BCUT2D eigenvalue weighted by Crippen LogP contribution is 2.14. The SMILES string of the molecule is CN=C(NCCc1ccc(F)cc1)NCc1ccc(S(=O)(=O)NCC2CCCO2)cc1. The lowest BCUT2D eigenvalue weighted by Crippen LogP contribution is -2.37. The topological polar surface area (TPSA) is 91.8 Å². The largest absolute Gasteiger partial charge is 0.377 e. The molecule has 0 saturated carbocycles. The molecule has 168 valence electrons. The highest BCUT2D eigenvalue weighted by Gasteiger charge is 2.20. The Morgan fingerprint density at radius 2 is 1.81 bits per heavy atom. The maximum atomic E-state index is 13.0. The number of rotatable bonds is 9. The van der Waals surface area contributed by atoms with Crippen molar-refractivity contribution in [3.05, 3.63) is 65.5 Å². The smallest absolute Gasteiger partial charge is 0.240 e. The van der Waals surface area contributed by atoms with Gasteiger partial charge < -0.3 is 15.4 Å². The molecule has 1 aliphatic heterocycles. The normalized spacial score (nSPS) is 17.0. The first-order chi connectivity index (χ1) is 15.0. The van der Waals surface area contributed by atoms with Crippen molar-refractivity contribution in [3.63, 3.8) is 0 Å². The predicted molar refractivity (Wildman–Crippen MR) is 119 cm³/mol.